The van der Waals surface area contributed by atoms with Crippen LogP contribution in [0.15, 0.2) is 24.5 Å². The van der Waals surface area contributed by atoms with Gasteiger partial charge >= 0.3 is 5.95 Å². The van der Waals surface area contributed by atoms with Crippen molar-refractivity contribution in [2.75, 3.05) is 5.32 Å². The lowest BCUT2D eigenvalue weighted by atomic mass is 10.3. The number of hydrogen-bond donors (Lipinski definition) is 1. The standard InChI is InChI=1S/C10H7ClFN5O3/c11-6-1-2-7(12)8(3-6)14-9(18)4-16-5-13-10(15-16)17(19)20/h1-3,5H,4H2,(H,14,18). The lowest BCUT2D eigenvalue weighted by Crippen LogP contribution is -2.19. The molecule has 0 bridgehead atoms. The van der Waals surface area contributed by atoms with Crippen LogP contribution in [0, 0.1) is 15.9 Å². The number of aromatic nitrogens is 3. The molecule has 0 aliphatic carbocycles. The summed E-state index contributed by atoms with van der Waals surface area (Å²) < 4.78 is 14.3. The predicted molar refractivity (Wildman–Crippen MR) is 66.7 cm³/mol. The first-order chi connectivity index (χ1) is 9.45. The van der Waals surface area contributed by atoms with Crippen molar-refractivity contribution in [3.63, 3.8) is 0 Å². The van der Waals surface area contributed by atoms with Crippen molar-refractivity contribution in [1.29, 1.82) is 0 Å². The minimum atomic E-state index is -0.787. The van der Waals surface area contributed by atoms with Gasteiger partial charge in [0, 0.05) is 10.1 Å². The van der Waals surface area contributed by atoms with Crippen LogP contribution in [0.4, 0.5) is 16.0 Å². The van der Waals surface area contributed by atoms with Gasteiger partial charge in [-0.2, -0.15) is 4.68 Å². The molecule has 20 heavy (non-hydrogen) atoms. The van der Waals surface area contributed by atoms with E-state index in [1.165, 1.54) is 12.1 Å². The van der Waals surface area contributed by atoms with Gasteiger partial charge in [0.2, 0.25) is 12.2 Å². The number of rotatable bonds is 4. The highest BCUT2D eigenvalue weighted by atomic mass is 35.5. The van der Waals surface area contributed by atoms with E-state index in [0.29, 0.717) is 0 Å². The molecule has 0 fully saturated rings. The van der Waals surface area contributed by atoms with Crippen LogP contribution in [0.5, 0.6) is 0 Å². The number of halogens is 2. The summed E-state index contributed by atoms with van der Waals surface area (Å²) in [6, 6.07) is 3.70. The SMILES string of the molecule is O=C(Cn1cnc([N+](=O)[O-])n1)Nc1cc(Cl)ccc1F. The third-order valence-corrected chi connectivity index (χ3v) is 2.43. The molecule has 0 atom stereocenters. The molecule has 10 heteroatoms. The van der Waals surface area contributed by atoms with Crippen molar-refractivity contribution in [1.82, 2.24) is 14.8 Å². The highest BCUT2D eigenvalue weighted by Gasteiger charge is 2.16. The van der Waals surface area contributed by atoms with E-state index in [-0.39, 0.29) is 17.3 Å². The second-order valence-electron chi connectivity index (χ2n) is 3.67. The molecule has 8 nitrogen and oxygen atoms in total. The normalized spacial score (nSPS) is 10.3. The molecule has 2 aromatic rings. The second-order valence-corrected chi connectivity index (χ2v) is 4.11. The largest absolute Gasteiger partial charge is 0.490 e. The Bertz CT molecular complexity index is 675. The van der Waals surface area contributed by atoms with Crippen LogP contribution in [0.1, 0.15) is 0 Å². The Hall–Kier alpha value is -2.55. The Morgan fingerprint density at radius 3 is 2.95 bits per heavy atom. The molecule has 0 saturated heterocycles. The molecule has 0 spiro atoms. The lowest BCUT2D eigenvalue weighted by molar-refractivity contribution is -0.394. The van der Waals surface area contributed by atoms with Crippen LogP contribution in [0.25, 0.3) is 0 Å². The highest BCUT2D eigenvalue weighted by molar-refractivity contribution is 6.30. The highest BCUT2D eigenvalue weighted by Crippen LogP contribution is 2.19. The average molecular weight is 300 g/mol. The smallest absolute Gasteiger partial charge is 0.390 e. The van der Waals surface area contributed by atoms with Gasteiger partial charge in [-0.25, -0.2) is 4.39 Å². The third kappa shape index (κ3) is 3.26. The number of hydrogen-bond acceptors (Lipinski definition) is 5. The van der Waals surface area contributed by atoms with Crippen LogP contribution in [0.3, 0.4) is 0 Å². The topological polar surface area (TPSA) is 103 Å². The van der Waals surface area contributed by atoms with Crippen molar-refractivity contribution in [3.8, 4) is 0 Å². The fourth-order valence-electron chi connectivity index (χ4n) is 1.37. The quantitative estimate of drug-likeness (QED) is 0.682. The number of anilines is 1. The van der Waals surface area contributed by atoms with Crippen molar-refractivity contribution >= 4 is 29.1 Å². The molecule has 1 amide bonds. The van der Waals surface area contributed by atoms with E-state index in [1.807, 2.05) is 0 Å². The number of nitrogens with zero attached hydrogens (tertiary/aromatic N) is 4. The average Bonchev–Trinajstić information content (AvgIpc) is 2.82. The van der Waals surface area contributed by atoms with Gasteiger partial charge < -0.3 is 15.4 Å². The molecular weight excluding hydrogens is 293 g/mol. The summed E-state index contributed by atoms with van der Waals surface area (Å²) in [5.74, 6) is -1.88. The van der Waals surface area contributed by atoms with E-state index in [0.717, 1.165) is 17.1 Å². The second kappa shape index (κ2) is 5.61. The van der Waals surface area contributed by atoms with Gasteiger partial charge in [-0.15, -0.1) is 0 Å². The first-order valence-electron chi connectivity index (χ1n) is 5.24. The van der Waals surface area contributed by atoms with Gasteiger partial charge in [-0.1, -0.05) is 16.6 Å². The number of nitrogens with one attached hydrogen (secondary N) is 1. The summed E-state index contributed by atoms with van der Waals surface area (Å²) in [5, 5.41) is 16.4. The Labute approximate surface area is 116 Å². The molecule has 1 heterocycles. The number of carbonyl (C=O) groups excluding carboxylic acids is 1. The van der Waals surface area contributed by atoms with Crippen LogP contribution in [-0.4, -0.2) is 25.6 Å². The molecule has 1 aromatic carbocycles. The zero-order valence-corrected chi connectivity index (χ0v) is 10.5. The molecule has 0 saturated carbocycles. The van der Waals surface area contributed by atoms with Crippen LogP contribution in [0.2, 0.25) is 5.02 Å². The summed E-state index contributed by atoms with van der Waals surface area (Å²) in [7, 11) is 0. The van der Waals surface area contributed by atoms with Gasteiger partial charge in [-0.05, 0) is 23.1 Å². The molecule has 0 aliphatic rings. The minimum absolute atomic E-state index is 0.0860. The third-order valence-electron chi connectivity index (χ3n) is 2.20. The van der Waals surface area contributed by atoms with Crippen LogP contribution < -0.4 is 5.32 Å². The molecule has 1 N–H and O–H groups in total. The van der Waals surface area contributed by atoms with E-state index in [4.69, 9.17) is 11.6 Å². The molecular formula is C10H7ClFN5O3. The van der Waals surface area contributed by atoms with Crippen molar-refractivity contribution in [2.45, 2.75) is 6.54 Å². The first-order valence-corrected chi connectivity index (χ1v) is 5.62. The van der Waals surface area contributed by atoms with Crippen molar-refractivity contribution < 1.29 is 14.1 Å². The van der Waals surface area contributed by atoms with E-state index < -0.39 is 22.6 Å². The monoisotopic (exact) mass is 299 g/mol. The maximum absolute atomic E-state index is 13.4. The minimum Gasteiger partial charge on any atom is -0.390 e. The van der Waals surface area contributed by atoms with Gasteiger partial charge in [0.05, 0.1) is 5.69 Å². The van der Waals surface area contributed by atoms with E-state index in [2.05, 4.69) is 15.4 Å². The molecule has 0 radical (unpaired) electrons. The summed E-state index contributed by atoms with van der Waals surface area (Å²) in [4.78, 5) is 24.6. The van der Waals surface area contributed by atoms with E-state index in [9.17, 15) is 19.3 Å². The zero-order valence-electron chi connectivity index (χ0n) is 9.79. The Morgan fingerprint density at radius 1 is 1.55 bits per heavy atom. The summed E-state index contributed by atoms with van der Waals surface area (Å²) in [6.07, 6.45) is 1.03. The number of nitro groups is 1. The van der Waals surface area contributed by atoms with Gasteiger partial charge in [0.1, 0.15) is 12.4 Å². The molecule has 2 rings (SSSR count). The van der Waals surface area contributed by atoms with E-state index in [1.54, 1.807) is 0 Å². The molecule has 0 unspecified atom stereocenters. The fraction of sp³-hybridized carbons (Fsp3) is 0.100. The Balaban J connectivity index is 2.05. The molecule has 104 valence electrons. The maximum atomic E-state index is 13.4. The first kappa shape index (κ1) is 13.9. The summed E-state index contributed by atoms with van der Waals surface area (Å²) in [6.45, 7) is -0.340. The predicted octanol–water partition coefficient (Wildman–Crippen LogP) is 1.62. The zero-order chi connectivity index (χ0) is 14.7. The van der Waals surface area contributed by atoms with Crippen LogP contribution >= 0.6 is 11.6 Å². The lowest BCUT2D eigenvalue weighted by Gasteiger charge is -2.05. The molecule has 1 aromatic heterocycles. The maximum Gasteiger partial charge on any atom is 0.490 e. The van der Waals surface area contributed by atoms with Gasteiger partial charge in [0.25, 0.3) is 0 Å². The fourth-order valence-corrected chi connectivity index (χ4v) is 1.55. The van der Waals surface area contributed by atoms with Crippen molar-refractivity contribution in [2.24, 2.45) is 0 Å². The summed E-state index contributed by atoms with van der Waals surface area (Å²) >= 11 is 5.68. The Kier molecular flexibility index (Phi) is 3.89. The number of benzene rings is 1. The molecule has 0 aliphatic heterocycles. The number of carbonyl (C=O) groups is 1. The van der Waals surface area contributed by atoms with Gasteiger partial charge in [-0.3, -0.25) is 4.79 Å². The summed E-state index contributed by atoms with van der Waals surface area (Å²) in [5.41, 5.74) is -0.0860. The van der Waals surface area contributed by atoms with Crippen LogP contribution in [-0.2, 0) is 11.3 Å². The van der Waals surface area contributed by atoms with Crippen molar-refractivity contribution in [3.05, 3.63) is 45.5 Å². The van der Waals surface area contributed by atoms with Gasteiger partial charge in [0.15, 0.2) is 0 Å². The Morgan fingerprint density at radius 2 is 2.30 bits per heavy atom. The number of amides is 1. The van der Waals surface area contributed by atoms with E-state index >= 15 is 0 Å².